The van der Waals surface area contributed by atoms with Crippen LogP contribution < -0.4 is 15.8 Å². The Hall–Kier alpha value is -5.84. The molecule has 2 nitrogen and oxygen atoms in total. The topological polar surface area (TPSA) is 8.17 Å². The van der Waals surface area contributed by atoms with Gasteiger partial charge in [-0.05, 0) is 116 Å². The molecule has 0 fully saturated rings. The van der Waals surface area contributed by atoms with E-state index in [1.807, 2.05) is 11.3 Å². The number of aromatic nitrogens is 1. The third kappa shape index (κ3) is 4.28. The third-order valence-electron chi connectivity index (χ3n) is 16.9. The van der Waals surface area contributed by atoms with E-state index >= 15 is 0 Å². The van der Waals surface area contributed by atoms with Crippen molar-refractivity contribution in [3.8, 4) is 33.4 Å². The summed E-state index contributed by atoms with van der Waals surface area (Å²) in [6.07, 6.45) is 2.38. The lowest BCUT2D eigenvalue weighted by Crippen LogP contribution is -2.58. The van der Waals surface area contributed by atoms with Crippen molar-refractivity contribution < 1.29 is 0 Å². The molecule has 2 aliphatic heterocycles. The Balaban J connectivity index is 1.19. The molecule has 7 aromatic carbocycles. The number of hydrogen-bond acceptors (Lipinski definition) is 2. The first-order valence-corrected chi connectivity index (χ1v) is 24.0. The van der Waals surface area contributed by atoms with Crippen molar-refractivity contribution >= 4 is 77.2 Å². The first-order chi connectivity index (χ1) is 30.2. The Morgan fingerprint density at radius 3 is 1.94 bits per heavy atom. The molecule has 0 unspecified atom stereocenters. The molecule has 3 aliphatic carbocycles. The van der Waals surface area contributed by atoms with Crippen molar-refractivity contribution in [1.82, 2.24) is 4.48 Å². The minimum atomic E-state index is -0.196. The molecule has 0 radical (unpaired) electrons. The lowest BCUT2D eigenvalue weighted by atomic mass is 9.44. The minimum Gasteiger partial charge on any atom is -0.378 e. The van der Waals surface area contributed by atoms with E-state index in [2.05, 4.69) is 193 Å². The highest BCUT2D eigenvalue weighted by Crippen LogP contribution is 2.59. The van der Waals surface area contributed by atoms with Crippen molar-refractivity contribution in [3.63, 3.8) is 0 Å². The Kier molecular flexibility index (Phi) is 6.66. The van der Waals surface area contributed by atoms with E-state index in [9.17, 15) is 0 Å². The molecule has 0 atom stereocenters. The van der Waals surface area contributed by atoms with Gasteiger partial charge in [-0.3, -0.25) is 0 Å². The van der Waals surface area contributed by atoms with Gasteiger partial charge in [-0.15, -0.1) is 11.3 Å². The molecule has 63 heavy (non-hydrogen) atoms. The number of nitrogens with zero attached hydrogens (tertiary/aromatic N) is 2. The van der Waals surface area contributed by atoms with Crippen LogP contribution in [0.2, 0.25) is 0 Å². The lowest BCUT2D eigenvalue weighted by Gasteiger charge is -2.45. The van der Waals surface area contributed by atoms with E-state index in [4.69, 9.17) is 0 Å². The van der Waals surface area contributed by atoms with Crippen LogP contribution in [0.5, 0.6) is 0 Å². The van der Waals surface area contributed by atoms with Crippen LogP contribution in [0.3, 0.4) is 0 Å². The van der Waals surface area contributed by atoms with Gasteiger partial charge in [0.1, 0.15) is 0 Å². The van der Waals surface area contributed by atoms with Crippen LogP contribution in [0.1, 0.15) is 107 Å². The number of benzene rings is 7. The molecule has 0 N–H and O–H groups in total. The molecule has 0 saturated carbocycles. The highest BCUT2D eigenvalue weighted by atomic mass is 32.1. The highest BCUT2D eigenvalue weighted by molar-refractivity contribution is 7.26. The molecular weight excluding hydrogens is 780 g/mol. The Morgan fingerprint density at radius 1 is 0.508 bits per heavy atom. The second-order valence-corrected chi connectivity index (χ2v) is 23.0. The monoisotopic (exact) mass is 830 g/mol. The van der Waals surface area contributed by atoms with Gasteiger partial charge in [0.05, 0.1) is 0 Å². The number of fused-ring (bicyclic) bond motifs is 17. The Morgan fingerprint density at radius 2 is 1.16 bits per heavy atom. The summed E-state index contributed by atoms with van der Waals surface area (Å²) in [5, 5.41) is 4.08. The molecule has 4 heteroatoms. The normalized spacial score (nSPS) is 18.2. The van der Waals surface area contributed by atoms with Crippen LogP contribution >= 0.6 is 11.3 Å². The van der Waals surface area contributed by atoms with Crippen molar-refractivity contribution in [1.29, 1.82) is 0 Å². The summed E-state index contributed by atoms with van der Waals surface area (Å²) in [5.41, 5.74) is 26.4. The van der Waals surface area contributed by atoms with E-state index in [0.717, 1.165) is 0 Å². The molecule has 306 valence electrons. The average Bonchev–Trinajstić information content (AvgIpc) is 3.95. The number of aryl methyl sites for hydroxylation is 1. The molecule has 0 saturated heterocycles. The van der Waals surface area contributed by atoms with Crippen LogP contribution in [0.4, 0.5) is 17.1 Å². The number of anilines is 3. The molecule has 0 amide bonds. The van der Waals surface area contributed by atoms with E-state index in [0.29, 0.717) is 0 Å². The van der Waals surface area contributed by atoms with Crippen molar-refractivity contribution in [3.05, 3.63) is 160 Å². The van der Waals surface area contributed by atoms with Gasteiger partial charge < -0.3 is 9.38 Å². The van der Waals surface area contributed by atoms with Gasteiger partial charge in [0.15, 0.2) is 0 Å². The summed E-state index contributed by atoms with van der Waals surface area (Å²) in [7, 11) is 0. The van der Waals surface area contributed by atoms with Gasteiger partial charge in [-0.2, -0.15) is 0 Å². The second kappa shape index (κ2) is 11.5. The van der Waals surface area contributed by atoms with E-state index in [1.54, 1.807) is 0 Å². The van der Waals surface area contributed by atoms with E-state index in [1.165, 1.54) is 144 Å². The summed E-state index contributed by atoms with van der Waals surface area (Å²) in [6.45, 7) is 22.1. The molecule has 4 heterocycles. The maximum Gasteiger partial charge on any atom is 0.332 e. The third-order valence-corrected chi connectivity index (χ3v) is 18.1. The van der Waals surface area contributed by atoms with Crippen LogP contribution in [-0.2, 0) is 21.7 Å². The number of rotatable bonds is 1. The zero-order valence-electron chi connectivity index (χ0n) is 37.8. The zero-order valence-corrected chi connectivity index (χ0v) is 38.7. The maximum atomic E-state index is 2.86. The summed E-state index contributed by atoms with van der Waals surface area (Å²) < 4.78 is 5.61. The van der Waals surface area contributed by atoms with Gasteiger partial charge in [-0.25, -0.2) is 0 Å². The molecule has 14 rings (SSSR count). The minimum absolute atomic E-state index is 0.0243. The van der Waals surface area contributed by atoms with Crippen molar-refractivity contribution in [2.75, 3.05) is 4.90 Å². The van der Waals surface area contributed by atoms with Crippen LogP contribution in [0, 0.1) is 6.92 Å². The molecule has 2 aromatic heterocycles. The fourth-order valence-corrected chi connectivity index (χ4v) is 14.9. The summed E-state index contributed by atoms with van der Waals surface area (Å²) in [6, 6.07) is 47.9. The van der Waals surface area contributed by atoms with Gasteiger partial charge >= 0.3 is 6.85 Å². The molecule has 9 aromatic rings. The summed E-state index contributed by atoms with van der Waals surface area (Å²) in [5.74, 6) is 0. The van der Waals surface area contributed by atoms with Crippen molar-refractivity contribution in [2.24, 2.45) is 0 Å². The lowest BCUT2D eigenvalue weighted by molar-refractivity contribution is 0.332. The molecule has 0 bridgehead atoms. The number of hydrogen-bond donors (Lipinski definition) is 0. The van der Waals surface area contributed by atoms with Crippen LogP contribution in [-0.4, -0.2) is 11.3 Å². The zero-order chi connectivity index (χ0) is 42.9. The predicted octanol–water partition coefficient (Wildman–Crippen LogP) is 14.7. The van der Waals surface area contributed by atoms with E-state index in [-0.39, 0.29) is 28.5 Å². The van der Waals surface area contributed by atoms with Crippen LogP contribution in [0.25, 0.3) is 64.5 Å². The highest BCUT2D eigenvalue weighted by Gasteiger charge is 2.51. The molecular formula is C59H51BN2S. The largest absolute Gasteiger partial charge is 0.378 e. The second-order valence-electron chi connectivity index (χ2n) is 21.9. The SMILES string of the molecule is Cc1cc2c(cc1N1c3cc4c(cc3B3c5c1cc1c(sc6ccccc61)c5-c1cccc5c6c(n3c15)C(C)(C)c1ccccc1-6)C(C)(C)c1ccccc1-4)C(C)(C)CCC2(C)C. The fourth-order valence-electron chi connectivity index (χ4n) is 13.6. The molecule has 5 aliphatic rings. The average molecular weight is 831 g/mol. The smallest absolute Gasteiger partial charge is 0.332 e. The van der Waals surface area contributed by atoms with Gasteiger partial charge in [0, 0.05) is 81.4 Å². The van der Waals surface area contributed by atoms with Gasteiger partial charge in [-0.1, -0.05) is 152 Å². The quantitative estimate of drug-likeness (QED) is 0.150. The number of para-hydroxylation sites is 1. The van der Waals surface area contributed by atoms with E-state index < -0.39 is 0 Å². The standard InChI is InChI=1S/C59H51BN2S/c1-32-27-43-44(57(4,5)26-25-56(43,2)3)31-46(32)61-47-28-38-33-17-10-13-22-40(33)58(6,7)42(38)30-45(47)60-52-48(61)29-39-34-18-12-15-24-49(34)63-54(39)51(52)37-21-16-20-36-50-35-19-11-14-23-41(35)59(8,9)55(50)62(60)53(36)37/h10-24,27-31H,25-26H2,1-9H3. The fraction of sp³-hybridized carbons (Fsp3) is 0.254. The Labute approximate surface area is 375 Å². The predicted molar refractivity (Wildman–Crippen MR) is 271 cm³/mol. The first-order valence-electron chi connectivity index (χ1n) is 23.2. The molecule has 0 spiro atoms. The maximum absolute atomic E-state index is 2.86. The van der Waals surface area contributed by atoms with Gasteiger partial charge in [0.2, 0.25) is 0 Å². The Bertz CT molecular complexity index is 3610. The summed E-state index contributed by atoms with van der Waals surface area (Å²) in [4.78, 5) is 2.74. The summed E-state index contributed by atoms with van der Waals surface area (Å²) >= 11 is 1.98. The van der Waals surface area contributed by atoms with Gasteiger partial charge in [0.25, 0.3) is 0 Å². The number of thiophene rings is 1. The van der Waals surface area contributed by atoms with Crippen LogP contribution in [0.15, 0.2) is 121 Å². The van der Waals surface area contributed by atoms with Crippen molar-refractivity contribution in [2.45, 2.75) is 96.8 Å². The first kappa shape index (κ1) is 36.6.